The monoisotopic (exact) mass is 385 g/mol. The molecule has 2 aromatic carbocycles. The van der Waals surface area contributed by atoms with Gasteiger partial charge in [0.05, 0.1) is 22.3 Å². The first-order valence-corrected chi connectivity index (χ1v) is 8.21. The van der Waals surface area contributed by atoms with E-state index >= 15 is 0 Å². The third-order valence-corrected chi connectivity index (χ3v) is 3.93. The van der Waals surface area contributed by atoms with Crippen LogP contribution in [-0.2, 0) is 0 Å². The average molecular weight is 386 g/mol. The number of aromatic nitrogens is 3. The first-order valence-electron chi connectivity index (χ1n) is 7.46. The number of nitrogens with zero attached hydrogens (tertiary/aromatic N) is 4. The zero-order valence-electron chi connectivity index (χ0n) is 13.6. The molecule has 0 saturated heterocycles. The molecule has 3 rings (SSSR count). The summed E-state index contributed by atoms with van der Waals surface area (Å²) in [5, 5.41) is 15.9. The topological polar surface area (TPSA) is 113 Å². The summed E-state index contributed by atoms with van der Waals surface area (Å²) in [5.74, 6) is 0.537. The number of nitrogens with two attached hydrogens (primary N) is 1. The molecule has 1 aromatic heterocycles. The summed E-state index contributed by atoms with van der Waals surface area (Å²) in [4.78, 5) is 12.4. The second-order valence-electron chi connectivity index (χ2n) is 5.36. The molecule has 0 aliphatic rings. The quantitative estimate of drug-likeness (QED) is 0.608. The molecule has 0 fully saturated rings. The fraction of sp³-hybridized carbons (Fsp3) is 0.0588. The van der Waals surface area contributed by atoms with E-state index in [1.165, 1.54) is 0 Å². The van der Waals surface area contributed by atoms with Crippen LogP contribution in [0.3, 0.4) is 0 Å². The second-order valence-corrected chi connectivity index (χ2v) is 6.20. The van der Waals surface area contributed by atoms with Crippen LogP contribution >= 0.6 is 23.2 Å². The molecule has 7 nitrogen and oxygen atoms in total. The smallest absolute Gasteiger partial charge is 0.233 e. The van der Waals surface area contributed by atoms with Crippen molar-refractivity contribution < 1.29 is 0 Å². The van der Waals surface area contributed by atoms with Gasteiger partial charge in [-0.15, -0.1) is 0 Å². The number of rotatable bonds is 4. The van der Waals surface area contributed by atoms with Gasteiger partial charge in [-0.3, -0.25) is 0 Å². The average Bonchev–Trinajstić information content (AvgIpc) is 2.58. The van der Waals surface area contributed by atoms with Crippen molar-refractivity contribution in [1.82, 2.24) is 15.0 Å². The molecule has 0 radical (unpaired) electrons. The third kappa shape index (κ3) is 4.11. The van der Waals surface area contributed by atoms with E-state index < -0.39 is 0 Å². The molecule has 0 atom stereocenters. The predicted molar refractivity (Wildman–Crippen MR) is 103 cm³/mol. The van der Waals surface area contributed by atoms with E-state index in [1.807, 2.05) is 6.92 Å². The van der Waals surface area contributed by atoms with Crippen LogP contribution in [0.5, 0.6) is 0 Å². The van der Waals surface area contributed by atoms with E-state index in [9.17, 15) is 0 Å². The van der Waals surface area contributed by atoms with Gasteiger partial charge < -0.3 is 16.4 Å². The number of hydrogen-bond acceptors (Lipinski definition) is 7. The van der Waals surface area contributed by atoms with Crippen molar-refractivity contribution in [2.75, 3.05) is 16.4 Å². The second kappa shape index (κ2) is 7.44. The number of nitrogen functional groups attached to an aromatic ring is 1. The highest BCUT2D eigenvalue weighted by molar-refractivity contribution is 6.36. The zero-order valence-corrected chi connectivity index (χ0v) is 15.1. The lowest BCUT2D eigenvalue weighted by atomic mass is 10.2. The number of hydrogen-bond donors (Lipinski definition) is 3. The lowest BCUT2D eigenvalue weighted by molar-refractivity contribution is 1.07. The molecule has 0 aliphatic heterocycles. The maximum absolute atomic E-state index is 8.85. The number of aryl methyl sites for hydroxylation is 1. The fourth-order valence-electron chi connectivity index (χ4n) is 2.23. The summed E-state index contributed by atoms with van der Waals surface area (Å²) in [5.41, 5.74) is 8.51. The summed E-state index contributed by atoms with van der Waals surface area (Å²) in [6.45, 7) is 1.86. The van der Waals surface area contributed by atoms with Crippen LogP contribution in [0.15, 0.2) is 36.4 Å². The Bertz CT molecular complexity index is 974. The first-order chi connectivity index (χ1) is 12.4. The Kier molecular flexibility index (Phi) is 5.07. The highest BCUT2D eigenvalue weighted by Crippen LogP contribution is 2.31. The first kappa shape index (κ1) is 17.7. The molecule has 0 saturated carbocycles. The molecular formula is C17H13Cl2N7. The normalized spacial score (nSPS) is 10.2. The van der Waals surface area contributed by atoms with Gasteiger partial charge in [0.1, 0.15) is 0 Å². The third-order valence-electron chi connectivity index (χ3n) is 3.41. The van der Waals surface area contributed by atoms with Gasteiger partial charge in [0.15, 0.2) is 0 Å². The maximum Gasteiger partial charge on any atom is 0.233 e. The van der Waals surface area contributed by atoms with Gasteiger partial charge >= 0.3 is 0 Å². The van der Waals surface area contributed by atoms with E-state index in [0.717, 1.165) is 5.56 Å². The highest BCUT2D eigenvalue weighted by atomic mass is 35.5. The Morgan fingerprint density at radius 2 is 1.65 bits per heavy atom. The van der Waals surface area contributed by atoms with Crippen LogP contribution in [0.4, 0.5) is 29.2 Å². The fourth-order valence-corrected chi connectivity index (χ4v) is 2.88. The number of benzene rings is 2. The minimum Gasteiger partial charge on any atom is -0.368 e. The minimum atomic E-state index is 0.0429. The molecule has 0 aliphatic carbocycles. The van der Waals surface area contributed by atoms with Crippen LogP contribution in [-0.4, -0.2) is 15.0 Å². The van der Waals surface area contributed by atoms with E-state index in [1.54, 1.807) is 36.4 Å². The zero-order chi connectivity index (χ0) is 18.7. The number of anilines is 5. The lowest BCUT2D eigenvalue weighted by Gasteiger charge is -2.12. The SMILES string of the molecule is Cc1cc(Cl)cc(Cl)c1Nc1nc(N)nc(Nc2ccc(C#N)cc2)n1. The van der Waals surface area contributed by atoms with E-state index in [0.29, 0.717) is 27.0 Å². The Balaban J connectivity index is 1.87. The molecule has 9 heteroatoms. The Hall–Kier alpha value is -3.08. The summed E-state index contributed by atoms with van der Waals surface area (Å²) < 4.78 is 0. The van der Waals surface area contributed by atoms with Crippen LogP contribution in [0.25, 0.3) is 0 Å². The number of halogens is 2. The van der Waals surface area contributed by atoms with Crippen molar-refractivity contribution in [1.29, 1.82) is 5.26 Å². The molecule has 26 heavy (non-hydrogen) atoms. The summed E-state index contributed by atoms with van der Waals surface area (Å²) in [6.07, 6.45) is 0. The van der Waals surface area contributed by atoms with Gasteiger partial charge in [0.2, 0.25) is 17.8 Å². The number of nitriles is 1. The Labute approximate surface area is 159 Å². The van der Waals surface area contributed by atoms with Gasteiger partial charge in [-0.25, -0.2) is 0 Å². The van der Waals surface area contributed by atoms with Crippen molar-refractivity contribution in [2.24, 2.45) is 0 Å². The van der Waals surface area contributed by atoms with Gasteiger partial charge in [-0.1, -0.05) is 23.2 Å². The molecule has 130 valence electrons. The molecule has 4 N–H and O–H groups in total. The van der Waals surface area contributed by atoms with Crippen molar-refractivity contribution in [2.45, 2.75) is 6.92 Å². The van der Waals surface area contributed by atoms with Crippen LogP contribution in [0.1, 0.15) is 11.1 Å². The van der Waals surface area contributed by atoms with Crippen molar-refractivity contribution in [3.63, 3.8) is 0 Å². The van der Waals surface area contributed by atoms with Crippen molar-refractivity contribution in [3.05, 3.63) is 57.6 Å². The summed E-state index contributed by atoms with van der Waals surface area (Å²) in [6, 6.07) is 12.3. The standard InChI is InChI=1S/C17H13Cl2N7/c1-9-6-11(18)7-13(19)14(9)23-17-25-15(21)24-16(26-17)22-12-4-2-10(8-20)3-5-12/h2-7H,1H3,(H4,21,22,23,24,25,26). The maximum atomic E-state index is 8.85. The predicted octanol–water partition coefficient (Wildman–Crippen LogP) is 4.43. The molecule has 0 bridgehead atoms. The molecule has 0 spiro atoms. The number of nitrogens with one attached hydrogen (secondary N) is 2. The Morgan fingerprint density at radius 1 is 1.00 bits per heavy atom. The van der Waals surface area contributed by atoms with E-state index in [2.05, 4.69) is 31.7 Å². The lowest BCUT2D eigenvalue weighted by Crippen LogP contribution is -2.07. The Morgan fingerprint density at radius 3 is 2.27 bits per heavy atom. The van der Waals surface area contributed by atoms with E-state index in [-0.39, 0.29) is 17.8 Å². The van der Waals surface area contributed by atoms with Crippen molar-refractivity contribution in [3.8, 4) is 6.07 Å². The molecule has 0 unspecified atom stereocenters. The highest BCUT2D eigenvalue weighted by Gasteiger charge is 2.10. The molecule has 3 aromatic rings. The largest absolute Gasteiger partial charge is 0.368 e. The molecule has 1 heterocycles. The van der Waals surface area contributed by atoms with Gasteiger partial charge in [0.25, 0.3) is 0 Å². The molecular weight excluding hydrogens is 373 g/mol. The summed E-state index contributed by atoms with van der Waals surface area (Å²) >= 11 is 12.2. The van der Waals surface area contributed by atoms with E-state index in [4.69, 9.17) is 34.2 Å². The van der Waals surface area contributed by atoms with Gasteiger partial charge in [-0.05, 0) is 48.9 Å². The van der Waals surface area contributed by atoms with Crippen molar-refractivity contribution >= 4 is 52.4 Å². The minimum absolute atomic E-state index is 0.0429. The van der Waals surface area contributed by atoms with Gasteiger partial charge in [-0.2, -0.15) is 20.2 Å². The van der Waals surface area contributed by atoms with Crippen LogP contribution in [0, 0.1) is 18.3 Å². The van der Waals surface area contributed by atoms with Crippen LogP contribution < -0.4 is 16.4 Å². The van der Waals surface area contributed by atoms with Crippen LogP contribution in [0.2, 0.25) is 10.0 Å². The van der Waals surface area contributed by atoms with Gasteiger partial charge in [0, 0.05) is 10.7 Å². The molecule has 0 amide bonds. The summed E-state index contributed by atoms with van der Waals surface area (Å²) in [7, 11) is 0.